The number of hydrogen-bond donors (Lipinski definition) is 2. The van der Waals surface area contributed by atoms with Gasteiger partial charge in [0.2, 0.25) is 5.91 Å². The number of rotatable bonds is 12. The topological polar surface area (TPSA) is 75.6 Å². The summed E-state index contributed by atoms with van der Waals surface area (Å²) >= 11 is 0. The maximum Gasteiger partial charge on any atom is 0.306 e. The molecule has 3 rings (SSSR count). The number of benzene rings is 2. The molecule has 0 aromatic heterocycles. The van der Waals surface area contributed by atoms with Gasteiger partial charge in [-0.1, -0.05) is 82.0 Å². The third kappa shape index (κ3) is 11.5. The molecule has 0 bridgehead atoms. The van der Waals surface area contributed by atoms with Crippen LogP contribution in [0.1, 0.15) is 89.2 Å². The van der Waals surface area contributed by atoms with Crippen LogP contribution in [-0.2, 0) is 20.7 Å². The van der Waals surface area contributed by atoms with Crippen molar-refractivity contribution in [2.45, 2.75) is 96.7 Å². The van der Waals surface area contributed by atoms with Gasteiger partial charge in [-0.2, -0.15) is 0 Å². The summed E-state index contributed by atoms with van der Waals surface area (Å²) in [6, 6.07) is 18.3. The molecule has 1 aliphatic rings. The molecule has 0 spiro atoms. The van der Waals surface area contributed by atoms with Crippen LogP contribution in [0.15, 0.2) is 54.6 Å². The van der Waals surface area contributed by atoms with E-state index in [1.165, 1.54) is 24.0 Å². The van der Waals surface area contributed by atoms with Crippen molar-refractivity contribution in [2.75, 3.05) is 5.32 Å². The van der Waals surface area contributed by atoms with E-state index in [2.05, 4.69) is 31.3 Å². The molecule has 5 heteroatoms. The van der Waals surface area contributed by atoms with Crippen LogP contribution in [0.2, 0.25) is 0 Å². The van der Waals surface area contributed by atoms with Gasteiger partial charge in [0.15, 0.2) is 0 Å². The number of unbranched alkanes of at least 4 members (excludes halogenated alkanes) is 2. The molecule has 2 N–H and O–H groups in total. The Hall–Kier alpha value is -2.66. The molecule has 2 aromatic rings. The second kappa shape index (κ2) is 16.0. The lowest BCUT2D eigenvalue weighted by Crippen LogP contribution is -2.15. The Kier molecular flexibility index (Phi) is 13.0. The number of cyclic esters (lactones) is 1. The Morgan fingerprint density at radius 2 is 1.68 bits per heavy atom. The molecule has 5 nitrogen and oxygen atoms in total. The number of esters is 1. The van der Waals surface area contributed by atoms with Crippen LogP contribution in [0.4, 0.5) is 5.69 Å². The highest BCUT2D eigenvalue weighted by Gasteiger charge is 2.21. The van der Waals surface area contributed by atoms with Crippen LogP contribution in [0.5, 0.6) is 0 Å². The number of aliphatic hydroxyl groups excluding tert-OH is 1. The quantitative estimate of drug-likeness (QED) is 0.353. The normalized spacial score (nSPS) is 15.7. The highest BCUT2D eigenvalue weighted by Crippen LogP contribution is 2.18. The van der Waals surface area contributed by atoms with Gasteiger partial charge in [0.25, 0.3) is 0 Å². The number of aliphatic hydroxyl groups is 1. The Morgan fingerprint density at radius 3 is 2.29 bits per heavy atom. The molecule has 2 atom stereocenters. The van der Waals surface area contributed by atoms with Crippen LogP contribution in [0, 0.1) is 0 Å². The number of nitrogens with one attached hydrogen (secondary N) is 1. The monoisotopic (exact) mass is 467 g/mol. The number of carbonyl (C=O) groups is 2. The lowest BCUT2D eigenvalue weighted by atomic mass is 10.0. The molecular weight excluding hydrogens is 426 g/mol. The molecule has 186 valence electrons. The second-order valence-electron chi connectivity index (χ2n) is 9.03. The molecule has 34 heavy (non-hydrogen) atoms. The van der Waals surface area contributed by atoms with Crippen molar-refractivity contribution in [3.05, 3.63) is 65.7 Å². The standard InChI is InChI=1S/C21H27NO2.C8H14O2/c1-2-3-9-20(23)14-15-21(24)22-19-12-10-18(11-13-19)16-17-7-5-4-6-8-17;1-2-3-4-7-5-6-8(9)10-7/h4-8,10-13,20,23H,2-3,9,14-16H2,1H3,(H,22,24);7H,2-6H2,1H3. The number of hydrogen-bond acceptors (Lipinski definition) is 4. The average Bonchev–Trinajstić information content (AvgIpc) is 3.27. The van der Waals surface area contributed by atoms with Gasteiger partial charge in [0.05, 0.1) is 6.10 Å². The predicted octanol–water partition coefficient (Wildman–Crippen LogP) is 6.43. The maximum atomic E-state index is 11.9. The predicted molar refractivity (Wildman–Crippen MR) is 138 cm³/mol. The first-order valence-corrected chi connectivity index (χ1v) is 12.8. The molecule has 0 radical (unpaired) electrons. The third-order valence-electron chi connectivity index (χ3n) is 5.93. The molecule has 1 fully saturated rings. The zero-order valence-electron chi connectivity index (χ0n) is 20.8. The highest BCUT2D eigenvalue weighted by atomic mass is 16.5. The van der Waals surface area contributed by atoms with E-state index in [0.717, 1.165) is 44.2 Å². The lowest BCUT2D eigenvalue weighted by Gasteiger charge is -2.10. The first-order valence-electron chi connectivity index (χ1n) is 12.8. The molecule has 1 heterocycles. The first-order chi connectivity index (χ1) is 16.5. The van der Waals surface area contributed by atoms with Crippen molar-refractivity contribution in [2.24, 2.45) is 0 Å². The minimum Gasteiger partial charge on any atom is -0.462 e. The van der Waals surface area contributed by atoms with Crippen LogP contribution >= 0.6 is 0 Å². The van der Waals surface area contributed by atoms with Gasteiger partial charge < -0.3 is 15.2 Å². The molecule has 1 saturated heterocycles. The van der Waals surface area contributed by atoms with E-state index < -0.39 is 0 Å². The van der Waals surface area contributed by atoms with Crippen LogP contribution < -0.4 is 5.32 Å². The maximum absolute atomic E-state index is 11.9. The van der Waals surface area contributed by atoms with Gasteiger partial charge in [-0.05, 0) is 55.4 Å². The SMILES string of the molecule is CCCCC(O)CCC(=O)Nc1ccc(Cc2ccccc2)cc1.CCCCC1CCC(=O)O1. The summed E-state index contributed by atoms with van der Waals surface area (Å²) in [6.45, 7) is 4.25. The zero-order chi connectivity index (χ0) is 24.6. The summed E-state index contributed by atoms with van der Waals surface area (Å²) < 4.78 is 5.02. The lowest BCUT2D eigenvalue weighted by molar-refractivity contribution is -0.141. The molecular formula is C29H41NO4. The summed E-state index contributed by atoms with van der Waals surface area (Å²) in [5.74, 6) is -0.0533. The van der Waals surface area contributed by atoms with E-state index in [-0.39, 0.29) is 24.1 Å². The number of ether oxygens (including phenoxy) is 1. The summed E-state index contributed by atoms with van der Waals surface area (Å²) in [5.41, 5.74) is 3.30. The Labute approximate surface area is 204 Å². The van der Waals surface area contributed by atoms with E-state index in [1.54, 1.807) is 0 Å². The fraction of sp³-hybridized carbons (Fsp3) is 0.517. The van der Waals surface area contributed by atoms with Crippen molar-refractivity contribution >= 4 is 17.6 Å². The van der Waals surface area contributed by atoms with Gasteiger partial charge >= 0.3 is 5.97 Å². The largest absolute Gasteiger partial charge is 0.462 e. The zero-order valence-corrected chi connectivity index (χ0v) is 20.8. The summed E-state index contributed by atoms with van der Waals surface area (Å²) in [6.07, 6.45) is 9.49. The van der Waals surface area contributed by atoms with Crippen molar-refractivity contribution < 1.29 is 19.4 Å². The fourth-order valence-corrected chi connectivity index (χ4v) is 3.86. The molecule has 0 saturated carbocycles. The number of amides is 1. The Bertz CT molecular complexity index is 835. The third-order valence-corrected chi connectivity index (χ3v) is 5.93. The van der Waals surface area contributed by atoms with E-state index in [9.17, 15) is 14.7 Å². The van der Waals surface area contributed by atoms with Crippen LogP contribution in [0.3, 0.4) is 0 Å². The van der Waals surface area contributed by atoms with Crippen molar-refractivity contribution in [3.63, 3.8) is 0 Å². The van der Waals surface area contributed by atoms with E-state index in [4.69, 9.17) is 4.74 Å². The Balaban J connectivity index is 0.000000340. The summed E-state index contributed by atoms with van der Waals surface area (Å²) in [5, 5.41) is 12.7. The molecule has 1 aliphatic heterocycles. The molecule has 2 unspecified atom stereocenters. The van der Waals surface area contributed by atoms with Gasteiger partial charge in [-0.25, -0.2) is 0 Å². The minimum absolute atomic E-state index is 0.0129. The molecule has 0 aliphatic carbocycles. The van der Waals surface area contributed by atoms with E-state index in [1.807, 2.05) is 42.5 Å². The Morgan fingerprint density at radius 1 is 1.00 bits per heavy atom. The molecule has 2 aromatic carbocycles. The summed E-state index contributed by atoms with van der Waals surface area (Å²) in [4.78, 5) is 22.5. The van der Waals surface area contributed by atoms with Crippen LogP contribution in [0.25, 0.3) is 0 Å². The van der Waals surface area contributed by atoms with Gasteiger partial charge in [0.1, 0.15) is 6.10 Å². The number of carbonyl (C=O) groups excluding carboxylic acids is 2. The smallest absolute Gasteiger partial charge is 0.306 e. The van der Waals surface area contributed by atoms with Gasteiger partial charge in [0, 0.05) is 18.5 Å². The average molecular weight is 468 g/mol. The van der Waals surface area contributed by atoms with E-state index >= 15 is 0 Å². The highest BCUT2D eigenvalue weighted by molar-refractivity contribution is 5.90. The van der Waals surface area contributed by atoms with Crippen molar-refractivity contribution in [1.29, 1.82) is 0 Å². The van der Waals surface area contributed by atoms with E-state index in [0.29, 0.717) is 19.3 Å². The van der Waals surface area contributed by atoms with Gasteiger partial charge in [-0.3, -0.25) is 9.59 Å². The minimum atomic E-state index is -0.371. The van der Waals surface area contributed by atoms with Gasteiger partial charge in [-0.15, -0.1) is 0 Å². The van der Waals surface area contributed by atoms with Crippen molar-refractivity contribution in [1.82, 2.24) is 0 Å². The van der Waals surface area contributed by atoms with Crippen molar-refractivity contribution in [3.8, 4) is 0 Å². The summed E-state index contributed by atoms with van der Waals surface area (Å²) in [7, 11) is 0. The molecule has 1 amide bonds. The van der Waals surface area contributed by atoms with Crippen LogP contribution in [-0.4, -0.2) is 29.2 Å². The fourth-order valence-electron chi connectivity index (χ4n) is 3.86. The first kappa shape index (κ1) is 27.6. The second-order valence-corrected chi connectivity index (χ2v) is 9.03. The number of anilines is 1.